The number of anilines is 1. The van der Waals surface area contributed by atoms with Crippen LogP contribution in [0.4, 0.5) is 5.69 Å². The van der Waals surface area contributed by atoms with Crippen LogP contribution in [-0.4, -0.2) is 28.8 Å². The van der Waals surface area contributed by atoms with Crippen molar-refractivity contribution in [2.24, 2.45) is 5.92 Å². The average Bonchev–Trinajstić information content (AvgIpc) is 3.26. The fraction of sp³-hybridized carbons (Fsp3) is 0.444. The number of carbonyl (C=O) groups excluding carboxylic acids is 2. The number of likely N-dealkylation sites (N-methyl/N-ethyl adjacent to an activating group) is 1. The number of unbranched alkanes of at least 4 members (excludes halogenated alkanes) is 1. The lowest BCUT2D eigenvalue weighted by molar-refractivity contribution is -0.119. The van der Waals surface area contributed by atoms with E-state index in [9.17, 15) is 9.59 Å². The Morgan fingerprint density at radius 3 is 2.39 bits per heavy atom. The van der Waals surface area contributed by atoms with Gasteiger partial charge in [0.2, 0.25) is 11.8 Å². The highest BCUT2D eigenvalue weighted by Crippen LogP contribution is 2.19. The van der Waals surface area contributed by atoms with E-state index < -0.39 is 0 Å². The number of amides is 2. The maximum Gasteiger partial charge on any atom is 0.246 e. The number of benzene rings is 1. The van der Waals surface area contributed by atoms with Crippen LogP contribution in [0.15, 0.2) is 42.5 Å². The Balaban J connectivity index is 0. The molecule has 182 valence electrons. The summed E-state index contributed by atoms with van der Waals surface area (Å²) in [5.74, 6) is 1.000. The Morgan fingerprint density at radius 2 is 1.91 bits per heavy atom. The van der Waals surface area contributed by atoms with Gasteiger partial charge in [-0.15, -0.1) is 19.4 Å². The second kappa shape index (κ2) is 19.4. The molecule has 1 aromatic heterocycles. The summed E-state index contributed by atoms with van der Waals surface area (Å²) in [5, 5.41) is 5.49. The molecule has 0 radical (unpaired) electrons. The Labute approximate surface area is 200 Å². The van der Waals surface area contributed by atoms with Crippen molar-refractivity contribution in [2.75, 3.05) is 12.4 Å². The molecular formula is C27H42N4O2. The zero-order chi connectivity index (χ0) is 25.8. The number of imidazole rings is 1. The number of carbonyl (C=O) groups is 2. The average molecular weight is 455 g/mol. The number of nitrogens with zero attached hydrogens (tertiary/aromatic N) is 1. The summed E-state index contributed by atoms with van der Waals surface area (Å²) in [6, 6.07) is 5.75. The van der Waals surface area contributed by atoms with Gasteiger partial charge < -0.3 is 15.6 Å². The zero-order valence-electron chi connectivity index (χ0n) is 21.4. The monoisotopic (exact) mass is 454 g/mol. The number of allylic oxidation sites excluding steroid dienone is 2. The van der Waals surface area contributed by atoms with Gasteiger partial charge in [-0.2, -0.15) is 0 Å². The van der Waals surface area contributed by atoms with Crippen LogP contribution in [0.25, 0.3) is 11.0 Å². The van der Waals surface area contributed by atoms with Crippen molar-refractivity contribution in [1.82, 2.24) is 15.3 Å². The summed E-state index contributed by atoms with van der Waals surface area (Å²) in [5.41, 5.74) is 3.41. The molecule has 2 rings (SSSR count). The van der Waals surface area contributed by atoms with Gasteiger partial charge in [-0.1, -0.05) is 52.7 Å². The van der Waals surface area contributed by atoms with Crippen LogP contribution in [0, 0.1) is 18.8 Å². The third-order valence-electron chi connectivity index (χ3n) is 4.59. The fourth-order valence-electron chi connectivity index (χ4n) is 2.61. The topological polar surface area (TPSA) is 86.9 Å². The quantitative estimate of drug-likeness (QED) is 0.258. The summed E-state index contributed by atoms with van der Waals surface area (Å²) < 4.78 is 0. The largest absolute Gasteiger partial charge is 0.355 e. The normalized spacial score (nSPS) is 10.8. The lowest BCUT2D eigenvalue weighted by atomic mass is 10.0. The molecule has 6 heteroatoms. The molecule has 0 aliphatic heterocycles. The fourth-order valence-corrected chi connectivity index (χ4v) is 2.61. The van der Waals surface area contributed by atoms with Gasteiger partial charge in [-0.3, -0.25) is 9.59 Å². The Bertz CT molecular complexity index is 894. The van der Waals surface area contributed by atoms with E-state index in [1.807, 2.05) is 52.0 Å². The number of aromatic amines is 1. The van der Waals surface area contributed by atoms with Crippen LogP contribution >= 0.6 is 0 Å². The van der Waals surface area contributed by atoms with Gasteiger partial charge in [0.15, 0.2) is 0 Å². The predicted molar refractivity (Wildman–Crippen MR) is 142 cm³/mol. The Kier molecular flexibility index (Phi) is 18.7. The predicted octanol–water partition coefficient (Wildman–Crippen LogP) is 6.03. The van der Waals surface area contributed by atoms with E-state index in [1.165, 1.54) is 0 Å². The van der Waals surface area contributed by atoms with Gasteiger partial charge in [0.05, 0.1) is 11.0 Å². The van der Waals surface area contributed by atoms with Crippen molar-refractivity contribution >= 4 is 28.5 Å². The highest BCUT2D eigenvalue weighted by molar-refractivity contribution is 5.94. The van der Waals surface area contributed by atoms with Crippen molar-refractivity contribution in [3.63, 3.8) is 0 Å². The number of nitrogens with one attached hydrogen (secondary N) is 3. The van der Waals surface area contributed by atoms with Gasteiger partial charge in [-0.05, 0) is 38.5 Å². The van der Waals surface area contributed by atoms with Gasteiger partial charge in [0, 0.05) is 30.6 Å². The van der Waals surface area contributed by atoms with E-state index in [4.69, 9.17) is 0 Å². The molecule has 1 aromatic carbocycles. The molecule has 0 bridgehead atoms. The van der Waals surface area contributed by atoms with E-state index in [-0.39, 0.29) is 17.7 Å². The maximum atomic E-state index is 12.1. The second-order valence-corrected chi connectivity index (χ2v) is 6.99. The lowest BCUT2D eigenvalue weighted by Gasteiger charge is -2.11. The molecule has 0 saturated carbocycles. The summed E-state index contributed by atoms with van der Waals surface area (Å²) in [7, 11) is 1.62. The molecule has 6 nitrogen and oxygen atoms in total. The molecule has 1 atom stereocenters. The van der Waals surface area contributed by atoms with Crippen LogP contribution in [0.5, 0.6) is 0 Å². The minimum absolute atomic E-state index is 0.00694. The van der Waals surface area contributed by atoms with E-state index in [1.54, 1.807) is 20.0 Å². The SMILES string of the molecule is C#C.C/C=C(\C)C(=O)NC.C=CCc1nc2ccc(NC(=O)C(C)CCCC)cc2[nH]1.CC. The number of H-pyrrole nitrogens is 1. The molecule has 3 N–H and O–H groups in total. The summed E-state index contributed by atoms with van der Waals surface area (Å²) in [4.78, 5) is 30.4. The molecule has 1 unspecified atom stereocenters. The number of hydrogen-bond acceptors (Lipinski definition) is 3. The number of fused-ring (bicyclic) bond motifs is 1. The van der Waals surface area contributed by atoms with E-state index in [2.05, 4.69) is 47.0 Å². The van der Waals surface area contributed by atoms with Gasteiger partial charge in [0.25, 0.3) is 0 Å². The van der Waals surface area contributed by atoms with E-state index >= 15 is 0 Å². The van der Waals surface area contributed by atoms with Crippen molar-refractivity contribution in [3.8, 4) is 12.8 Å². The number of rotatable bonds is 8. The minimum atomic E-state index is -0.00694. The van der Waals surface area contributed by atoms with Gasteiger partial charge >= 0.3 is 0 Å². The molecule has 2 aromatic rings. The Hall–Kier alpha value is -3.33. The molecule has 0 aliphatic rings. The highest BCUT2D eigenvalue weighted by atomic mass is 16.2. The Morgan fingerprint density at radius 1 is 1.27 bits per heavy atom. The lowest BCUT2D eigenvalue weighted by Crippen LogP contribution is -2.20. The highest BCUT2D eigenvalue weighted by Gasteiger charge is 2.13. The number of terminal acetylenes is 1. The van der Waals surface area contributed by atoms with Crippen molar-refractivity contribution in [3.05, 3.63) is 48.3 Å². The van der Waals surface area contributed by atoms with Gasteiger partial charge in [0.1, 0.15) is 5.82 Å². The smallest absolute Gasteiger partial charge is 0.246 e. The summed E-state index contributed by atoms with van der Waals surface area (Å²) in [6.07, 6.45) is 15.4. The maximum absolute atomic E-state index is 12.1. The first kappa shape index (κ1) is 31.9. The standard InChI is InChI=1S/C17H23N3O.C6H11NO.C2H6.C2H2/c1-4-6-8-12(3)17(21)18-13-9-10-14-15(11-13)20-16(19-14)7-5-2;1-4-5(2)6(8)7-3;2*1-2/h5,9-12H,2,4,6-8H2,1,3H3,(H,18,21)(H,19,20);4H,1-3H3,(H,7,8);1-2H3;1-2H/b;5-4+;;. The molecule has 0 fully saturated rings. The van der Waals surface area contributed by atoms with Gasteiger partial charge in [-0.25, -0.2) is 4.98 Å². The van der Waals surface area contributed by atoms with Crippen LogP contribution < -0.4 is 10.6 Å². The first-order valence-corrected chi connectivity index (χ1v) is 11.4. The minimum Gasteiger partial charge on any atom is -0.355 e. The van der Waals surface area contributed by atoms with Crippen molar-refractivity contribution < 1.29 is 9.59 Å². The summed E-state index contributed by atoms with van der Waals surface area (Å²) >= 11 is 0. The zero-order valence-corrected chi connectivity index (χ0v) is 21.4. The molecular weight excluding hydrogens is 412 g/mol. The van der Waals surface area contributed by atoms with Crippen LogP contribution in [-0.2, 0) is 16.0 Å². The van der Waals surface area contributed by atoms with E-state index in [0.29, 0.717) is 6.42 Å². The van der Waals surface area contributed by atoms with Crippen LogP contribution in [0.3, 0.4) is 0 Å². The van der Waals surface area contributed by atoms with E-state index in [0.717, 1.165) is 47.4 Å². The first-order chi connectivity index (χ1) is 15.9. The van der Waals surface area contributed by atoms with Crippen molar-refractivity contribution in [1.29, 1.82) is 0 Å². The van der Waals surface area contributed by atoms with Crippen LogP contribution in [0.2, 0.25) is 0 Å². The molecule has 33 heavy (non-hydrogen) atoms. The number of aromatic nitrogens is 2. The summed E-state index contributed by atoms with van der Waals surface area (Å²) in [6.45, 7) is 15.4. The first-order valence-electron chi connectivity index (χ1n) is 11.4. The number of hydrogen-bond donors (Lipinski definition) is 3. The second-order valence-electron chi connectivity index (χ2n) is 6.99. The molecule has 2 amide bonds. The van der Waals surface area contributed by atoms with Crippen LogP contribution in [0.1, 0.15) is 66.6 Å². The third kappa shape index (κ3) is 12.3. The van der Waals surface area contributed by atoms with Crippen molar-refractivity contribution in [2.45, 2.75) is 67.2 Å². The molecule has 0 spiro atoms. The molecule has 0 saturated heterocycles. The molecule has 1 heterocycles. The third-order valence-corrected chi connectivity index (χ3v) is 4.59. The molecule has 0 aliphatic carbocycles.